The first-order valence-electron chi connectivity index (χ1n) is 6.57. The second kappa shape index (κ2) is 8.35. The lowest BCUT2D eigenvalue weighted by atomic mass is 10.3. The largest absolute Gasteiger partial charge is 0.492 e. The summed E-state index contributed by atoms with van der Waals surface area (Å²) in [5.74, 6) is 0.829. The fraction of sp³-hybridized carbons (Fsp3) is 0.500. The minimum absolute atomic E-state index is 0. The Balaban J connectivity index is 0.00000200. The lowest BCUT2D eigenvalue weighted by Crippen LogP contribution is -2.31. The van der Waals surface area contributed by atoms with Crippen molar-refractivity contribution in [3.05, 3.63) is 29.3 Å². The van der Waals surface area contributed by atoms with Crippen molar-refractivity contribution in [3.8, 4) is 5.75 Å². The van der Waals surface area contributed by atoms with Crippen molar-refractivity contribution >= 4 is 29.9 Å². The third kappa shape index (κ3) is 4.85. The van der Waals surface area contributed by atoms with Gasteiger partial charge in [-0.15, -0.1) is 12.4 Å². The zero-order valence-electron chi connectivity index (χ0n) is 11.3. The van der Waals surface area contributed by atoms with Gasteiger partial charge >= 0.3 is 0 Å². The predicted octanol–water partition coefficient (Wildman–Crippen LogP) is 2.48. The Morgan fingerprint density at radius 2 is 2.20 bits per heavy atom. The summed E-state index contributed by atoms with van der Waals surface area (Å²) in [5.41, 5.74) is 5.78. The zero-order chi connectivity index (χ0) is 13.7. The molecule has 0 radical (unpaired) electrons. The van der Waals surface area contributed by atoms with Gasteiger partial charge in [0.15, 0.2) is 0 Å². The Morgan fingerprint density at radius 3 is 2.85 bits per heavy atom. The molecule has 1 aliphatic rings. The van der Waals surface area contributed by atoms with Crippen molar-refractivity contribution in [1.29, 1.82) is 0 Å². The Morgan fingerprint density at radius 1 is 1.45 bits per heavy atom. The quantitative estimate of drug-likeness (QED) is 0.848. The van der Waals surface area contributed by atoms with Crippen LogP contribution >= 0.6 is 24.0 Å². The molecule has 1 fully saturated rings. The molecule has 2 N–H and O–H groups in total. The van der Waals surface area contributed by atoms with E-state index in [1.165, 1.54) is 0 Å². The van der Waals surface area contributed by atoms with Crippen LogP contribution in [0.15, 0.2) is 24.3 Å². The number of halogens is 2. The summed E-state index contributed by atoms with van der Waals surface area (Å²) in [6.07, 6.45) is 2.09. The maximum atomic E-state index is 11.9. The van der Waals surface area contributed by atoms with Crippen molar-refractivity contribution in [2.75, 3.05) is 19.7 Å². The van der Waals surface area contributed by atoms with Crippen molar-refractivity contribution < 1.29 is 9.53 Å². The zero-order valence-corrected chi connectivity index (χ0v) is 12.8. The van der Waals surface area contributed by atoms with Gasteiger partial charge in [-0.05, 0) is 25.0 Å². The van der Waals surface area contributed by atoms with Crippen molar-refractivity contribution in [2.45, 2.75) is 25.3 Å². The van der Waals surface area contributed by atoms with E-state index in [1.54, 1.807) is 6.07 Å². The summed E-state index contributed by atoms with van der Waals surface area (Å²) in [6, 6.07) is 7.48. The van der Waals surface area contributed by atoms with E-state index in [9.17, 15) is 4.79 Å². The lowest BCUT2D eigenvalue weighted by molar-refractivity contribution is -0.130. The molecular weight excluding hydrogens is 299 g/mol. The molecule has 1 saturated heterocycles. The van der Waals surface area contributed by atoms with Gasteiger partial charge in [-0.2, -0.15) is 0 Å². The smallest absolute Gasteiger partial charge is 0.222 e. The number of hydrogen-bond donors (Lipinski definition) is 1. The maximum Gasteiger partial charge on any atom is 0.222 e. The molecule has 1 aromatic rings. The van der Waals surface area contributed by atoms with E-state index in [1.807, 2.05) is 23.1 Å². The van der Waals surface area contributed by atoms with Gasteiger partial charge in [-0.3, -0.25) is 4.79 Å². The fourth-order valence-electron chi connectivity index (χ4n) is 2.14. The van der Waals surface area contributed by atoms with Crippen LogP contribution in [0.2, 0.25) is 5.02 Å². The molecule has 0 saturated carbocycles. The number of likely N-dealkylation sites (tertiary alicyclic amines) is 1. The molecule has 1 amide bonds. The van der Waals surface area contributed by atoms with Gasteiger partial charge in [0.05, 0.1) is 11.6 Å². The summed E-state index contributed by atoms with van der Waals surface area (Å²) in [6.45, 7) is 1.96. The maximum absolute atomic E-state index is 11.9. The fourth-order valence-corrected chi connectivity index (χ4v) is 2.33. The van der Waals surface area contributed by atoms with Gasteiger partial charge in [-0.25, -0.2) is 0 Å². The molecule has 112 valence electrons. The van der Waals surface area contributed by atoms with Crippen LogP contribution in [0.3, 0.4) is 0 Å². The molecule has 0 bridgehead atoms. The van der Waals surface area contributed by atoms with E-state index in [0.717, 1.165) is 13.0 Å². The van der Waals surface area contributed by atoms with Crippen molar-refractivity contribution in [3.63, 3.8) is 0 Å². The molecule has 1 atom stereocenters. The normalized spacial score (nSPS) is 17.7. The number of nitrogens with two attached hydrogens (primary N) is 1. The third-order valence-electron chi connectivity index (χ3n) is 3.21. The molecule has 6 heteroatoms. The van der Waals surface area contributed by atoms with Crippen LogP contribution in [0.25, 0.3) is 0 Å². The van der Waals surface area contributed by atoms with Crippen molar-refractivity contribution in [2.24, 2.45) is 5.73 Å². The summed E-state index contributed by atoms with van der Waals surface area (Å²) in [7, 11) is 0. The topological polar surface area (TPSA) is 55.6 Å². The third-order valence-corrected chi connectivity index (χ3v) is 3.52. The molecule has 1 aromatic carbocycles. The number of rotatable bonds is 5. The van der Waals surface area contributed by atoms with Gasteiger partial charge < -0.3 is 15.4 Å². The van der Waals surface area contributed by atoms with Crippen LogP contribution in [-0.4, -0.2) is 36.5 Å². The molecule has 0 aliphatic carbocycles. The first-order valence-corrected chi connectivity index (χ1v) is 6.95. The minimum Gasteiger partial charge on any atom is -0.492 e. The summed E-state index contributed by atoms with van der Waals surface area (Å²) in [5, 5.41) is 0.597. The molecule has 1 heterocycles. The monoisotopic (exact) mass is 318 g/mol. The molecule has 20 heavy (non-hydrogen) atoms. The summed E-state index contributed by atoms with van der Waals surface area (Å²) in [4.78, 5) is 13.7. The Kier molecular flexibility index (Phi) is 7.13. The number of carbonyl (C=O) groups excluding carboxylic acids is 1. The van der Waals surface area contributed by atoms with Crippen LogP contribution in [0.4, 0.5) is 0 Å². The van der Waals surface area contributed by atoms with Gasteiger partial charge in [0, 0.05) is 25.6 Å². The second-order valence-corrected chi connectivity index (χ2v) is 5.18. The first kappa shape index (κ1) is 17.1. The summed E-state index contributed by atoms with van der Waals surface area (Å²) >= 11 is 5.97. The van der Waals surface area contributed by atoms with Gasteiger partial charge in [0.25, 0.3) is 0 Å². The van der Waals surface area contributed by atoms with E-state index in [4.69, 9.17) is 22.1 Å². The number of para-hydroxylation sites is 1. The molecule has 0 spiro atoms. The van der Waals surface area contributed by atoms with E-state index < -0.39 is 0 Å². The molecule has 2 rings (SSSR count). The van der Waals surface area contributed by atoms with E-state index in [2.05, 4.69) is 0 Å². The number of carbonyl (C=O) groups is 1. The summed E-state index contributed by atoms with van der Waals surface area (Å²) < 4.78 is 5.54. The number of ether oxygens (including phenoxy) is 1. The number of benzene rings is 1. The predicted molar refractivity (Wildman–Crippen MR) is 82.6 cm³/mol. The average Bonchev–Trinajstić information content (AvgIpc) is 2.83. The van der Waals surface area contributed by atoms with Crippen LogP contribution in [-0.2, 0) is 4.79 Å². The molecule has 0 unspecified atom stereocenters. The Bertz CT molecular complexity index is 443. The van der Waals surface area contributed by atoms with E-state index >= 15 is 0 Å². The van der Waals surface area contributed by atoms with Gasteiger partial charge in [0.1, 0.15) is 5.75 Å². The highest BCUT2D eigenvalue weighted by Gasteiger charge is 2.22. The van der Waals surface area contributed by atoms with E-state index in [-0.39, 0.29) is 24.4 Å². The molecule has 0 aromatic heterocycles. The molecule has 4 nitrogen and oxygen atoms in total. The average molecular weight is 319 g/mol. The van der Waals surface area contributed by atoms with Gasteiger partial charge in [-0.1, -0.05) is 23.7 Å². The highest BCUT2D eigenvalue weighted by atomic mass is 35.5. The van der Waals surface area contributed by atoms with Crippen LogP contribution in [0.5, 0.6) is 5.75 Å². The van der Waals surface area contributed by atoms with Crippen molar-refractivity contribution in [1.82, 2.24) is 4.90 Å². The van der Waals surface area contributed by atoms with Crippen LogP contribution in [0.1, 0.15) is 19.3 Å². The second-order valence-electron chi connectivity index (χ2n) is 4.77. The SMILES string of the molecule is Cl.N[C@@H]1CCN(C(=O)CCCOc2ccccc2Cl)C1. The van der Waals surface area contributed by atoms with Crippen LogP contribution in [0, 0.1) is 0 Å². The van der Waals surface area contributed by atoms with Crippen LogP contribution < -0.4 is 10.5 Å². The number of nitrogens with zero attached hydrogens (tertiary/aromatic N) is 1. The highest BCUT2D eigenvalue weighted by Crippen LogP contribution is 2.23. The minimum atomic E-state index is 0. The number of hydrogen-bond acceptors (Lipinski definition) is 3. The molecular formula is C14H20Cl2N2O2. The van der Waals surface area contributed by atoms with E-state index in [0.29, 0.717) is 36.8 Å². The first-order chi connectivity index (χ1) is 9.16. The van der Waals surface area contributed by atoms with Gasteiger partial charge in [0.2, 0.25) is 5.91 Å². The standard InChI is InChI=1S/C14H19ClN2O2.ClH/c15-12-4-1-2-5-13(12)19-9-3-6-14(18)17-8-7-11(16)10-17;/h1-2,4-5,11H,3,6-10,16H2;1H/t11-;/m1./s1. The Hall–Kier alpha value is -0.970. The Labute approximate surface area is 130 Å². The highest BCUT2D eigenvalue weighted by molar-refractivity contribution is 6.32. The molecule has 1 aliphatic heterocycles. The lowest BCUT2D eigenvalue weighted by Gasteiger charge is -2.15. The number of amides is 1.